The molecule has 0 saturated heterocycles. The molecule has 2 rings (SSSR count). The van der Waals surface area contributed by atoms with Gasteiger partial charge in [-0.25, -0.2) is 0 Å². The number of hydrogen-bond acceptors (Lipinski definition) is 0. The van der Waals surface area contributed by atoms with Crippen molar-refractivity contribution in [1.29, 1.82) is 0 Å². The average Bonchev–Trinajstić information content (AvgIpc) is 2.59. The molecule has 0 amide bonds. The van der Waals surface area contributed by atoms with Crippen LogP contribution in [0.4, 0.5) is 0 Å². The van der Waals surface area contributed by atoms with Gasteiger partial charge in [0.05, 0.1) is 0 Å². The molecule has 0 nitrogen and oxygen atoms in total. The average molecular weight is 437 g/mol. The molecule has 0 unspecified atom stereocenters. The minimum absolute atomic E-state index is 0. The first-order valence-corrected chi connectivity index (χ1v) is 9.54. The Morgan fingerprint density at radius 3 is 0.880 bits per heavy atom. The van der Waals surface area contributed by atoms with Gasteiger partial charge in [-0.3, -0.25) is 0 Å². The van der Waals surface area contributed by atoms with E-state index in [0.29, 0.717) is 0 Å². The molecule has 0 fully saturated rings. The monoisotopic (exact) mass is 436 g/mol. The maximum absolute atomic E-state index is 2.27. The third kappa shape index (κ3) is 28.4. The van der Waals surface area contributed by atoms with Crippen molar-refractivity contribution in [2.75, 3.05) is 0 Å². The minimum atomic E-state index is 0. The van der Waals surface area contributed by atoms with E-state index in [1.54, 1.807) is 0 Å². The van der Waals surface area contributed by atoms with E-state index in [9.17, 15) is 0 Å². The van der Waals surface area contributed by atoms with Crippen molar-refractivity contribution in [2.24, 2.45) is 11.8 Å². The van der Waals surface area contributed by atoms with Gasteiger partial charge >= 0.3 is 0 Å². The second-order valence-electron chi connectivity index (χ2n) is 7.40. The van der Waals surface area contributed by atoms with Crippen molar-refractivity contribution in [1.82, 2.24) is 0 Å². The van der Waals surface area contributed by atoms with E-state index < -0.39 is 0 Å². The Kier molecular flexibility index (Phi) is 24.9. The van der Waals surface area contributed by atoms with Crippen LogP contribution in [-0.4, -0.2) is 0 Å². The Morgan fingerprint density at radius 1 is 0.560 bits per heavy atom. The summed E-state index contributed by atoms with van der Waals surface area (Å²) in [5, 5.41) is 0. The fourth-order valence-electron chi connectivity index (χ4n) is 1.14. The van der Waals surface area contributed by atoms with Crippen LogP contribution in [-0.2, 0) is 20.4 Å². The molecule has 1 aliphatic rings. The summed E-state index contributed by atoms with van der Waals surface area (Å²) in [6.45, 7) is 17.4. The molecule has 1 aliphatic carbocycles. The summed E-state index contributed by atoms with van der Waals surface area (Å²) >= 11 is 0. The van der Waals surface area contributed by atoms with Crippen molar-refractivity contribution < 1.29 is 20.4 Å². The zero-order chi connectivity index (χ0) is 18.8. The van der Waals surface area contributed by atoms with Gasteiger partial charge in [-0.2, -0.15) is 0 Å². The molecule has 148 valence electrons. The Labute approximate surface area is 172 Å². The molecule has 0 spiro atoms. The van der Waals surface area contributed by atoms with E-state index >= 15 is 0 Å². The van der Waals surface area contributed by atoms with Gasteiger partial charge in [0.25, 0.3) is 0 Å². The van der Waals surface area contributed by atoms with Gasteiger partial charge in [0.1, 0.15) is 0 Å². The largest absolute Gasteiger partial charge is 0.0885 e. The molecule has 0 radical (unpaired) electrons. The van der Waals surface area contributed by atoms with Crippen LogP contribution < -0.4 is 0 Å². The van der Waals surface area contributed by atoms with Crippen LogP contribution >= 0.6 is 0 Å². The summed E-state index contributed by atoms with van der Waals surface area (Å²) in [5.74, 6) is 1.70. The topological polar surface area (TPSA) is 0 Å². The van der Waals surface area contributed by atoms with Crippen molar-refractivity contribution in [2.45, 2.75) is 81.1 Å². The SMILES string of the molecule is C1=CCCCC1.CC(C)=C(C)C.CC(C)C(C)C.[Pd].c1ccccc1. The van der Waals surface area contributed by atoms with E-state index in [1.807, 2.05) is 36.4 Å². The van der Waals surface area contributed by atoms with E-state index in [4.69, 9.17) is 0 Å². The predicted octanol–water partition coefficient (Wildman–Crippen LogP) is 8.46. The first kappa shape index (κ1) is 29.1. The molecule has 25 heavy (non-hydrogen) atoms. The summed E-state index contributed by atoms with van der Waals surface area (Å²) in [6.07, 6.45) is 10.0. The van der Waals surface area contributed by atoms with Crippen LogP contribution in [0, 0.1) is 11.8 Å². The molecule has 1 aromatic rings. The van der Waals surface area contributed by atoms with Gasteiger partial charge in [0, 0.05) is 20.4 Å². The summed E-state index contributed by atoms with van der Waals surface area (Å²) < 4.78 is 0. The van der Waals surface area contributed by atoms with Gasteiger partial charge in [0.15, 0.2) is 0 Å². The zero-order valence-corrected chi connectivity index (χ0v) is 19.5. The van der Waals surface area contributed by atoms with Gasteiger partial charge in [-0.15, -0.1) is 0 Å². The normalized spacial score (nSPS) is 11.6. The fraction of sp³-hybridized carbons (Fsp3) is 0.583. The van der Waals surface area contributed by atoms with Crippen LogP contribution in [0.25, 0.3) is 0 Å². The quantitative estimate of drug-likeness (QED) is 0.306. The molecule has 1 heteroatoms. The second-order valence-corrected chi connectivity index (χ2v) is 7.40. The van der Waals surface area contributed by atoms with Gasteiger partial charge in [-0.1, -0.05) is 87.4 Å². The first-order chi connectivity index (χ1) is 11.3. The molecule has 0 bridgehead atoms. The molecule has 0 aliphatic heterocycles. The summed E-state index contributed by atoms with van der Waals surface area (Å²) in [4.78, 5) is 0. The third-order valence-electron chi connectivity index (χ3n) is 4.16. The van der Waals surface area contributed by atoms with Crippen LogP contribution in [0.5, 0.6) is 0 Å². The standard InChI is InChI=1S/C6H10.C6H6.C6H14.C6H12.Pd/c2*1-2-4-6-5-3-1;2*1-5(2)6(3)4;/h1-2H,3-6H2;1-6H;5-6H,1-4H3;1-4H3;. The van der Waals surface area contributed by atoms with Gasteiger partial charge in [-0.05, 0) is 65.2 Å². The molecule has 0 N–H and O–H groups in total. The maximum Gasteiger partial charge on any atom is 0 e. The Morgan fingerprint density at radius 2 is 0.800 bits per heavy atom. The molecular formula is C24H42Pd. The molecular weight excluding hydrogens is 395 g/mol. The van der Waals surface area contributed by atoms with Crippen molar-refractivity contribution >= 4 is 0 Å². The number of hydrogen-bond donors (Lipinski definition) is 0. The number of benzene rings is 1. The summed E-state index contributed by atoms with van der Waals surface area (Å²) in [6, 6.07) is 12.0. The van der Waals surface area contributed by atoms with Gasteiger partial charge in [0.2, 0.25) is 0 Å². The summed E-state index contributed by atoms with van der Waals surface area (Å²) in [5.41, 5.74) is 2.85. The first-order valence-electron chi connectivity index (χ1n) is 9.54. The van der Waals surface area contributed by atoms with E-state index in [0.717, 1.165) is 11.8 Å². The maximum atomic E-state index is 2.27. The van der Waals surface area contributed by atoms with Crippen LogP contribution in [0.1, 0.15) is 81.1 Å². The Hall–Kier alpha value is -0.638. The van der Waals surface area contributed by atoms with Crippen LogP contribution in [0.15, 0.2) is 59.7 Å². The van der Waals surface area contributed by atoms with E-state index in [1.165, 1.54) is 36.8 Å². The predicted molar refractivity (Wildman–Crippen MR) is 113 cm³/mol. The molecule has 0 saturated carbocycles. The fourth-order valence-corrected chi connectivity index (χ4v) is 1.14. The number of allylic oxidation sites excluding steroid dienone is 4. The zero-order valence-electron chi connectivity index (χ0n) is 17.9. The van der Waals surface area contributed by atoms with Crippen LogP contribution in [0.3, 0.4) is 0 Å². The van der Waals surface area contributed by atoms with Crippen molar-refractivity contribution in [3.63, 3.8) is 0 Å². The molecule has 0 aromatic heterocycles. The van der Waals surface area contributed by atoms with Gasteiger partial charge < -0.3 is 0 Å². The summed E-state index contributed by atoms with van der Waals surface area (Å²) in [7, 11) is 0. The smallest absolute Gasteiger partial charge is 0 e. The van der Waals surface area contributed by atoms with E-state index in [-0.39, 0.29) is 20.4 Å². The Balaban J connectivity index is -0.000000255. The Bertz CT molecular complexity index is 354. The minimum Gasteiger partial charge on any atom is -0.0885 e. The van der Waals surface area contributed by atoms with E-state index in [2.05, 4.69) is 67.5 Å². The second kappa shape index (κ2) is 21.4. The molecule has 0 heterocycles. The third-order valence-corrected chi connectivity index (χ3v) is 4.16. The number of rotatable bonds is 1. The molecule has 1 aromatic carbocycles. The van der Waals surface area contributed by atoms with Crippen molar-refractivity contribution in [3.8, 4) is 0 Å². The van der Waals surface area contributed by atoms with Crippen LogP contribution in [0.2, 0.25) is 0 Å². The molecule has 0 atom stereocenters. The van der Waals surface area contributed by atoms with Crippen molar-refractivity contribution in [3.05, 3.63) is 59.7 Å².